The maximum Gasteiger partial charge on any atom is 1.00 e. The minimum atomic E-state index is -1.96. The zero-order valence-corrected chi connectivity index (χ0v) is 53.5. The van der Waals surface area contributed by atoms with Gasteiger partial charge in [0.05, 0.1) is 52.0 Å². The number of benzene rings is 4. The Bertz CT molecular complexity index is 3640. The molecule has 1 aliphatic carbocycles. The number of carboxylic acid groups (broad SMARTS) is 1. The molecule has 12 nitrogen and oxygen atoms in total. The first-order valence-electron chi connectivity index (χ1n) is 25.1. The van der Waals surface area contributed by atoms with Crippen LogP contribution in [0.5, 0.6) is 0 Å². The van der Waals surface area contributed by atoms with Crippen molar-refractivity contribution >= 4 is 85.3 Å². The molecule has 0 amide bonds. The van der Waals surface area contributed by atoms with Crippen molar-refractivity contribution in [3.05, 3.63) is 212 Å². The first-order chi connectivity index (χ1) is 37.8. The Morgan fingerprint density at radius 1 is 0.901 bits per heavy atom. The Balaban J connectivity index is 0.000000254. The molecule has 22 heteroatoms. The van der Waals surface area contributed by atoms with E-state index in [1.165, 1.54) is 29.8 Å². The van der Waals surface area contributed by atoms with Gasteiger partial charge >= 0.3 is 59.1 Å². The molecule has 4 aromatic carbocycles. The summed E-state index contributed by atoms with van der Waals surface area (Å²) in [5, 5.41) is 39.2. The number of aromatic nitrogens is 8. The number of pyridine rings is 1. The van der Waals surface area contributed by atoms with Gasteiger partial charge in [0.15, 0.2) is 5.82 Å². The predicted molar refractivity (Wildman–Crippen MR) is 309 cm³/mol. The molecule has 0 bridgehead atoms. The van der Waals surface area contributed by atoms with Crippen molar-refractivity contribution in [1.82, 2.24) is 39.7 Å². The van der Waals surface area contributed by atoms with Crippen LogP contribution in [0.15, 0.2) is 141 Å². The van der Waals surface area contributed by atoms with Crippen molar-refractivity contribution in [2.45, 2.75) is 88.7 Å². The smallest absolute Gasteiger partial charge is 1.00 e. The molecule has 2 N–H and O–H groups in total. The van der Waals surface area contributed by atoms with Gasteiger partial charge in [-0.25, -0.2) is 37.8 Å². The largest absolute Gasteiger partial charge is 1.00 e. The second-order valence-corrected chi connectivity index (χ2v) is 24.2. The second-order valence-electron chi connectivity index (χ2n) is 19.8. The number of aryl methyl sites for hydroxylation is 1. The fraction of sp³-hybridized carbons (Fsp3) is 0.271. The first kappa shape index (κ1) is 65.6. The number of aliphatic carboxylic acids is 1. The number of rotatable bonds is 18. The fourth-order valence-electron chi connectivity index (χ4n) is 9.02. The molecule has 1 fully saturated rings. The van der Waals surface area contributed by atoms with Crippen LogP contribution in [0.3, 0.4) is 0 Å². The quantitative estimate of drug-likeness (QED) is 0.0501. The third-order valence-electron chi connectivity index (χ3n) is 13.6. The first-order valence-corrected chi connectivity index (χ1v) is 29.1. The van der Waals surface area contributed by atoms with Gasteiger partial charge in [-0.05, 0) is 122 Å². The van der Waals surface area contributed by atoms with E-state index in [1.807, 2.05) is 87.1 Å². The van der Waals surface area contributed by atoms with Crippen LogP contribution >= 0.6 is 56.3 Å². The average Bonchev–Trinajstić information content (AvgIpc) is 3.98. The number of nitrogens with zero attached hydrogens (tertiary/aromatic N) is 8. The minimum absolute atomic E-state index is 0. The Kier molecular flexibility index (Phi) is 24.1. The number of fused-ring (bicyclic) bond motifs is 1. The molecule has 0 saturated heterocycles. The van der Waals surface area contributed by atoms with Crippen LogP contribution in [0.4, 0.5) is 13.2 Å². The standard InChI is InChI=1S/C35H36ClNO3S.C16H14F3N5O.C8H6N2S3.2Na.H/c1-34(2,40)30-9-4-3-7-25(30)13-17-32(41-23-35(18-19-35)22-33(38)39)27-8-5-6-24(20-27)10-15-29-16-12-26-11-14-28(36)21-31(26)37-29;1-10(15-14(19)5-20-7-22-15)16(25,6-24-9-21-8-23-24)12-3-2-11(17)4-13(12)18;1-5-7(12-13-8(5)11)6-4-9-2-3-10-6;;;/h3-12,14-16,20-21,32,40H,13,17-19,22-23H2,1-2H3,(H,38,39);2-5,7-10,25H,6H2,1H3;2-4H,1H3;;;/q;;;2*+1;-1/p-1/b15-10+;;;;;/t32-;10-,16+;;;;/m10..../s1. The maximum atomic E-state index is 14.4. The number of hydrogen-bond acceptors (Lipinski definition) is 15. The number of carboxylic acids is 1. The van der Waals surface area contributed by atoms with Crippen LogP contribution in [-0.2, 0) is 29.0 Å². The third kappa shape index (κ3) is 17.7. The molecule has 0 spiro atoms. The van der Waals surface area contributed by atoms with Crippen LogP contribution in [-0.4, -0.2) is 61.6 Å². The van der Waals surface area contributed by atoms with Gasteiger partial charge in [-0.2, -0.15) is 16.9 Å². The normalized spacial score (nSPS) is 14.0. The van der Waals surface area contributed by atoms with Gasteiger partial charge in [-0.3, -0.25) is 9.97 Å². The van der Waals surface area contributed by atoms with Crippen molar-refractivity contribution in [2.24, 2.45) is 5.41 Å². The van der Waals surface area contributed by atoms with Gasteiger partial charge in [-0.1, -0.05) is 124 Å². The van der Waals surface area contributed by atoms with Crippen LogP contribution in [0.1, 0.15) is 104 Å². The average molecular weight is 1210 g/mol. The van der Waals surface area contributed by atoms with Gasteiger partial charge in [-0.15, -0.1) is 0 Å². The van der Waals surface area contributed by atoms with Crippen molar-refractivity contribution in [2.75, 3.05) is 5.75 Å². The predicted octanol–water partition coefficient (Wildman–Crippen LogP) is 7.22. The summed E-state index contributed by atoms with van der Waals surface area (Å²) in [7, 11) is 3.28. The van der Waals surface area contributed by atoms with Crippen LogP contribution in [0.2, 0.25) is 5.02 Å². The van der Waals surface area contributed by atoms with E-state index in [4.69, 9.17) is 28.8 Å². The van der Waals surface area contributed by atoms with E-state index in [-0.39, 0.29) is 95.4 Å². The zero-order valence-electron chi connectivity index (χ0n) is 46.5. The molecule has 0 unspecified atom stereocenters. The number of carbonyl (C=O) groups excluding carboxylic acids is 1. The van der Waals surface area contributed by atoms with Gasteiger partial charge in [0.1, 0.15) is 40.0 Å². The zero-order chi connectivity index (χ0) is 56.3. The summed E-state index contributed by atoms with van der Waals surface area (Å²) in [6, 6.07) is 29.2. The molecule has 10 rings (SSSR count). The molecule has 410 valence electrons. The van der Waals surface area contributed by atoms with E-state index in [9.17, 15) is 33.3 Å². The summed E-state index contributed by atoms with van der Waals surface area (Å²) in [5.74, 6) is -3.64. The Morgan fingerprint density at radius 3 is 2.35 bits per heavy atom. The van der Waals surface area contributed by atoms with Crippen LogP contribution in [0.25, 0.3) is 33.6 Å². The molecular weight excluding hydrogens is 1150 g/mol. The fourth-order valence-corrected chi connectivity index (χ4v) is 13.6. The summed E-state index contributed by atoms with van der Waals surface area (Å²) in [5.41, 5.74) is 4.83. The Morgan fingerprint density at radius 2 is 1.68 bits per heavy atom. The molecule has 5 heterocycles. The molecular formula is C59H56ClF3N8Na2O4S4. The van der Waals surface area contributed by atoms with Crippen LogP contribution < -0.4 is 64.2 Å². The van der Waals surface area contributed by atoms with Crippen molar-refractivity contribution < 1.29 is 93.8 Å². The third-order valence-corrected chi connectivity index (χ3v) is 18.8. The van der Waals surface area contributed by atoms with Crippen molar-refractivity contribution in [1.29, 1.82) is 0 Å². The summed E-state index contributed by atoms with van der Waals surface area (Å²) >= 11 is 13.2. The molecule has 0 aliphatic heterocycles. The summed E-state index contributed by atoms with van der Waals surface area (Å²) in [6.45, 7) is 6.93. The van der Waals surface area contributed by atoms with Gasteiger partial charge in [0, 0.05) is 51.6 Å². The summed E-state index contributed by atoms with van der Waals surface area (Å²) in [6.07, 6.45) is 17.6. The Labute approximate surface area is 535 Å². The molecule has 3 atom stereocenters. The SMILES string of the molecule is CC(C)(O)c1ccccc1CC[C@@H](SCC1(CC(=O)[O-])CC1)c1cccc(/C=C/c2ccc3ccc(Cl)cc3n2)c1.C[C@@H](c1ncncc1F)[C@](O)(Cn1cncn1)c1ccc(F)cc1F.Cc1c(-c2cnccn2)ssc1=S.[H-].[Na+].[Na+]. The molecule has 9 aromatic rings. The van der Waals surface area contributed by atoms with Gasteiger partial charge < -0.3 is 21.5 Å². The van der Waals surface area contributed by atoms with E-state index >= 15 is 0 Å². The van der Waals surface area contributed by atoms with Crippen molar-refractivity contribution in [3.63, 3.8) is 0 Å². The summed E-state index contributed by atoms with van der Waals surface area (Å²) < 4.78 is 44.0. The van der Waals surface area contributed by atoms with E-state index in [0.717, 1.165) is 109 Å². The molecule has 5 aromatic heterocycles. The van der Waals surface area contributed by atoms with E-state index < -0.39 is 40.5 Å². The van der Waals surface area contributed by atoms with Gasteiger partial charge in [0.2, 0.25) is 0 Å². The molecule has 1 saturated carbocycles. The number of carbonyl (C=O) groups is 1. The number of thioether (sulfide) groups is 1. The van der Waals surface area contributed by atoms with E-state index in [0.29, 0.717) is 11.1 Å². The number of halogens is 4. The summed E-state index contributed by atoms with van der Waals surface area (Å²) in [4.78, 5) is 36.7. The Hall–Kier alpha value is -4.58. The maximum absolute atomic E-state index is 14.4. The minimum Gasteiger partial charge on any atom is -1.00 e. The molecule has 0 radical (unpaired) electrons. The molecule has 81 heavy (non-hydrogen) atoms. The topological polar surface area (TPSA) is 176 Å². The monoisotopic (exact) mass is 1210 g/mol. The molecule has 1 aliphatic rings. The number of hydrogen-bond donors (Lipinski definition) is 2. The van der Waals surface area contributed by atoms with Gasteiger partial charge in [0.25, 0.3) is 0 Å². The van der Waals surface area contributed by atoms with E-state index in [2.05, 4.69) is 66.4 Å². The van der Waals surface area contributed by atoms with Crippen molar-refractivity contribution in [3.8, 4) is 10.6 Å². The number of aliphatic hydroxyl groups is 2. The second kappa shape index (κ2) is 29.8. The van der Waals surface area contributed by atoms with E-state index in [1.54, 1.807) is 39.3 Å². The van der Waals surface area contributed by atoms with Crippen LogP contribution in [0, 0.1) is 33.6 Å².